The first-order chi connectivity index (χ1) is 23.8. The molecule has 0 aliphatic carbocycles. The first kappa shape index (κ1) is 41.3. The molecular weight excluding hydrogens is 739 g/mol. The number of hydrogen-bond acceptors (Lipinski definition) is 8. The summed E-state index contributed by atoms with van der Waals surface area (Å²) in [6.07, 6.45) is 10.0. The molecule has 0 spiro atoms. The Morgan fingerprint density at radius 2 is 1.30 bits per heavy atom. The number of aromatic nitrogens is 4. The molecule has 4 heterocycles. The van der Waals surface area contributed by atoms with E-state index < -0.39 is 0 Å². The number of esters is 1. The van der Waals surface area contributed by atoms with Gasteiger partial charge in [0.05, 0.1) is 42.6 Å². The summed E-state index contributed by atoms with van der Waals surface area (Å²) in [5, 5.41) is 19.3. The molecule has 4 aromatic heterocycles. The Morgan fingerprint density at radius 3 is 1.74 bits per heavy atom. The van der Waals surface area contributed by atoms with Gasteiger partial charge in [-0.3, -0.25) is 0 Å². The Kier molecular flexibility index (Phi) is 18.2. The summed E-state index contributed by atoms with van der Waals surface area (Å²) >= 11 is 3.43. The Morgan fingerprint density at radius 1 is 0.840 bits per heavy atom. The molecule has 257 valence electrons. The van der Waals surface area contributed by atoms with Gasteiger partial charge < -0.3 is 23.8 Å². The van der Waals surface area contributed by atoms with Crippen LogP contribution >= 0.6 is 15.9 Å². The maximum atomic E-state index is 11.4. The van der Waals surface area contributed by atoms with Crippen LogP contribution in [-0.2, 0) is 50.9 Å². The second kappa shape index (κ2) is 22.0. The van der Waals surface area contributed by atoms with Crippen molar-refractivity contribution in [2.24, 2.45) is 0 Å². The van der Waals surface area contributed by atoms with Crippen LogP contribution in [0.3, 0.4) is 0 Å². The molecule has 0 saturated heterocycles. The summed E-state index contributed by atoms with van der Waals surface area (Å²) in [4.78, 5) is 36.9. The molecular formula is C38H37BrN4O6V. The van der Waals surface area contributed by atoms with Crippen LogP contribution in [0.1, 0.15) is 37.2 Å². The molecule has 0 bridgehead atoms. The zero-order valence-electron chi connectivity index (χ0n) is 27.6. The molecule has 0 atom stereocenters. The number of allylic oxidation sites excluding steroid dienone is 1. The summed E-state index contributed by atoms with van der Waals surface area (Å²) in [5.74, 6) is -0.373. The van der Waals surface area contributed by atoms with E-state index in [0.29, 0.717) is 12.3 Å². The number of hydrogen-bond donors (Lipinski definition) is 2. The molecule has 0 aliphatic rings. The van der Waals surface area contributed by atoms with Gasteiger partial charge in [-0.2, -0.15) is 9.59 Å². The van der Waals surface area contributed by atoms with Crippen molar-refractivity contribution in [2.45, 2.75) is 33.5 Å². The van der Waals surface area contributed by atoms with Gasteiger partial charge in [0.15, 0.2) is 0 Å². The predicted octanol–water partition coefficient (Wildman–Crippen LogP) is 7.32. The average Bonchev–Trinajstić information content (AvgIpc) is 3.69. The van der Waals surface area contributed by atoms with Gasteiger partial charge in [0.2, 0.25) is 0 Å². The van der Waals surface area contributed by atoms with E-state index in [1.165, 1.54) is 6.08 Å². The van der Waals surface area contributed by atoms with Crippen LogP contribution in [0.4, 0.5) is 0 Å². The number of aliphatic hydroxyl groups is 2. The number of carbonyl (C=O) groups excluding carboxylic acids is 3. The van der Waals surface area contributed by atoms with Gasteiger partial charge in [0.25, 0.3) is 0 Å². The molecule has 10 nitrogen and oxygen atoms in total. The number of benzene rings is 2. The van der Waals surface area contributed by atoms with E-state index in [2.05, 4.69) is 39.4 Å². The summed E-state index contributed by atoms with van der Waals surface area (Å²) in [5.41, 5.74) is 7.47. The smallest absolute Gasteiger partial charge is 0.373 e. The fourth-order valence-corrected chi connectivity index (χ4v) is 4.92. The first-order valence-electron chi connectivity index (χ1n) is 15.3. The molecule has 2 N–H and O–H groups in total. The number of imidazole rings is 2. The minimum absolute atomic E-state index is 0. The van der Waals surface area contributed by atoms with Gasteiger partial charge in [-0.15, -0.1) is 6.58 Å². The Labute approximate surface area is 310 Å². The van der Waals surface area contributed by atoms with Crippen molar-refractivity contribution in [1.29, 1.82) is 0 Å². The topological polar surface area (TPSA) is 136 Å². The molecule has 6 rings (SSSR count). The van der Waals surface area contributed by atoms with Gasteiger partial charge in [0.1, 0.15) is 11.3 Å². The quantitative estimate of drug-likeness (QED) is 0.0933. The van der Waals surface area contributed by atoms with Crippen molar-refractivity contribution in [2.75, 3.05) is 6.61 Å². The van der Waals surface area contributed by atoms with Crippen LogP contribution in [0.15, 0.2) is 121 Å². The Hall–Kier alpha value is -4.87. The fraction of sp³-hybridized carbons (Fsp3) is 0.158. The molecule has 50 heavy (non-hydrogen) atoms. The van der Waals surface area contributed by atoms with Crippen molar-refractivity contribution >= 4 is 45.4 Å². The van der Waals surface area contributed by atoms with E-state index in [9.17, 15) is 15.0 Å². The molecule has 0 unspecified atom stereocenters. The van der Waals surface area contributed by atoms with E-state index in [-0.39, 0.29) is 43.9 Å². The standard InChI is InChI=1S/C19H18N2O3.C14H11BrN2O.C4H8.CO2.V/c1-2-24-18(23)9-8-14-10-11-21-16(13-22)19(20-17(21)12-14)15-6-4-3-5-7-15;15-11-6-7-17-12(9-18)14(16-13(17)8-11)10-4-2-1-3-5-10;1-3-4-2;2-1-3;/h3-12,22H,2,13H2,1H3;1-8,18H,9H2;3H,1,4H2,2H3;;/b9-8+;;;;. The summed E-state index contributed by atoms with van der Waals surface area (Å²) < 4.78 is 9.61. The summed E-state index contributed by atoms with van der Waals surface area (Å²) in [6.45, 7) is 7.52. The number of aliphatic hydroxyl groups excluding tert-OH is 2. The van der Waals surface area contributed by atoms with Crippen molar-refractivity contribution in [3.63, 3.8) is 0 Å². The average molecular weight is 777 g/mol. The third kappa shape index (κ3) is 11.4. The number of nitrogens with zero attached hydrogens (tertiary/aromatic N) is 4. The van der Waals surface area contributed by atoms with Crippen molar-refractivity contribution in [3.8, 4) is 22.5 Å². The van der Waals surface area contributed by atoms with Crippen molar-refractivity contribution in [3.05, 3.63) is 137 Å². The second-order valence-electron chi connectivity index (χ2n) is 9.99. The third-order valence-corrected chi connectivity index (χ3v) is 7.31. The molecule has 1 radical (unpaired) electrons. The molecule has 12 heteroatoms. The number of carbonyl (C=O) groups is 1. The first-order valence-corrected chi connectivity index (χ1v) is 16.1. The fourth-order valence-electron chi connectivity index (χ4n) is 4.60. The minimum Gasteiger partial charge on any atom is -0.463 e. The van der Waals surface area contributed by atoms with E-state index in [1.807, 2.05) is 112 Å². The SMILES string of the molecule is C=CCC.CCOC(=O)/C=C/c1ccn2c(CO)c(-c3ccccc3)nc2c1.O=C=O.OCc1c(-c2ccccc2)nc2cc(Br)ccn12.[V]. The van der Waals surface area contributed by atoms with E-state index in [1.54, 1.807) is 13.0 Å². The number of halogens is 1. The van der Waals surface area contributed by atoms with E-state index in [4.69, 9.17) is 14.3 Å². The third-order valence-electron chi connectivity index (χ3n) is 6.82. The van der Waals surface area contributed by atoms with Crippen LogP contribution in [0, 0.1) is 0 Å². The van der Waals surface area contributed by atoms with Gasteiger partial charge in [-0.05, 0) is 49.2 Å². The van der Waals surface area contributed by atoms with Crippen molar-refractivity contribution < 1.29 is 47.9 Å². The largest absolute Gasteiger partial charge is 0.463 e. The maximum absolute atomic E-state index is 11.4. The second-order valence-corrected chi connectivity index (χ2v) is 10.9. The summed E-state index contributed by atoms with van der Waals surface area (Å²) in [7, 11) is 0. The van der Waals surface area contributed by atoms with Crippen LogP contribution in [0.5, 0.6) is 0 Å². The van der Waals surface area contributed by atoms with Crippen LogP contribution in [0.25, 0.3) is 39.9 Å². The molecule has 0 saturated carbocycles. The van der Waals surface area contributed by atoms with Crippen LogP contribution in [-0.4, -0.2) is 47.7 Å². The number of ether oxygens (including phenoxy) is 1. The minimum atomic E-state index is -0.373. The Balaban J connectivity index is 0.000000295. The molecule has 0 aliphatic heterocycles. The van der Waals surface area contributed by atoms with E-state index in [0.717, 1.165) is 56.0 Å². The normalized spacial score (nSPS) is 10.0. The van der Waals surface area contributed by atoms with Gasteiger partial charge in [-0.1, -0.05) is 89.6 Å². The van der Waals surface area contributed by atoms with Gasteiger partial charge in [0, 0.05) is 52.6 Å². The van der Waals surface area contributed by atoms with E-state index >= 15 is 0 Å². The van der Waals surface area contributed by atoms with Crippen LogP contribution in [0.2, 0.25) is 0 Å². The zero-order chi connectivity index (χ0) is 35.6. The van der Waals surface area contributed by atoms with Crippen LogP contribution < -0.4 is 0 Å². The molecule has 6 aromatic rings. The van der Waals surface area contributed by atoms with Crippen molar-refractivity contribution in [1.82, 2.24) is 18.8 Å². The predicted molar refractivity (Wildman–Crippen MR) is 192 cm³/mol. The monoisotopic (exact) mass is 775 g/mol. The zero-order valence-corrected chi connectivity index (χ0v) is 30.6. The molecule has 2 aromatic carbocycles. The molecule has 0 fully saturated rings. The summed E-state index contributed by atoms with van der Waals surface area (Å²) in [6, 6.07) is 27.2. The molecule has 0 amide bonds. The number of pyridine rings is 2. The van der Waals surface area contributed by atoms with Gasteiger partial charge in [-0.25, -0.2) is 14.8 Å². The van der Waals surface area contributed by atoms with Gasteiger partial charge >= 0.3 is 12.1 Å². The number of fused-ring (bicyclic) bond motifs is 2. The maximum Gasteiger partial charge on any atom is 0.373 e. The Bertz CT molecular complexity index is 2020. The number of rotatable bonds is 8.